The van der Waals surface area contributed by atoms with Crippen molar-refractivity contribution in [3.8, 4) is 0 Å². The molecule has 0 atom stereocenters. The van der Waals surface area contributed by atoms with E-state index in [1.807, 2.05) is 11.6 Å². The number of fused-ring (bicyclic) bond motifs is 1. The van der Waals surface area contributed by atoms with Crippen LogP contribution in [0.3, 0.4) is 0 Å². The van der Waals surface area contributed by atoms with Crippen LogP contribution in [0.25, 0.3) is 0 Å². The molecule has 5 heteroatoms. The second-order valence-corrected chi connectivity index (χ2v) is 3.68. The van der Waals surface area contributed by atoms with Gasteiger partial charge in [0.25, 0.3) is 0 Å². The number of hydrogen-bond acceptors (Lipinski definition) is 4. The fraction of sp³-hybridized carbons (Fsp3) is 0.800. The topological polar surface area (TPSA) is 52.0 Å². The summed E-state index contributed by atoms with van der Waals surface area (Å²) in [6.07, 6.45) is 2.05. The average molecular weight is 210 g/mol. The van der Waals surface area contributed by atoms with Gasteiger partial charge >= 0.3 is 0 Å². The van der Waals surface area contributed by atoms with E-state index in [1.54, 1.807) is 0 Å². The van der Waals surface area contributed by atoms with Crippen LogP contribution < -0.4 is 5.32 Å². The molecule has 0 fully saturated rings. The highest BCUT2D eigenvalue weighted by atomic mass is 16.5. The van der Waals surface area contributed by atoms with Gasteiger partial charge < -0.3 is 10.1 Å². The molecule has 0 spiro atoms. The Morgan fingerprint density at radius 2 is 2.47 bits per heavy atom. The highest BCUT2D eigenvalue weighted by molar-refractivity contribution is 5.13. The minimum absolute atomic E-state index is 0.791. The van der Waals surface area contributed by atoms with Crippen molar-refractivity contribution in [2.75, 3.05) is 19.8 Å². The molecule has 1 aliphatic heterocycles. The van der Waals surface area contributed by atoms with Gasteiger partial charge in [-0.2, -0.15) is 0 Å². The first-order chi connectivity index (χ1) is 7.42. The van der Waals surface area contributed by atoms with Gasteiger partial charge in [0.15, 0.2) is 0 Å². The van der Waals surface area contributed by atoms with Gasteiger partial charge in [-0.15, -0.1) is 5.10 Å². The highest BCUT2D eigenvalue weighted by Crippen LogP contribution is 2.10. The van der Waals surface area contributed by atoms with Crippen molar-refractivity contribution in [1.82, 2.24) is 20.3 Å². The molecule has 0 aliphatic carbocycles. The predicted octanol–water partition coefficient (Wildman–Crippen LogP) is 0.350. The molecule has 1 aromatic heterocycles. The molecule has 0 bridgehead atoms. The molecule has 2 heterocycles. The molecule has 1 aromatic rings. The second kappa shape index (κ2) is 5.23. The molecule has 0 aromatic carbocycles. The maximum atomic E-state index is 5.30. The van der Waals surface area contributed by atoms with Crippen molar-refractivity contribution in [3.63, 3.8) is 0 Å². The number of hydrogen-bond donors (Lipinski definition) is 1. The molecular formula is C10H18N4O. The summed E-state index contributed by atoms with van der Waals surface area (Å²) >= 11 is 0. The van der Waals surface area contributed by atoms with Crippen molar-refractivity contribution in [1.29, 1.82) is 0 Å². The van der Waals surface area contributed by atoms with Gasteiger partial charge in [-0.05, 0) is 13.3 Å². The van der Waals surface area contributed by atoms with Crippen molar-refractivity contribution >= 4 is 0 Å². The third-order valence-electron chi connectivity index (χ3n) is 2.61. The summed E-state index contributed by atoms with van der Waals surface area (Å²) in [4.78, 5) is 0. The molecule has 0 unspecified atom stereocenters. The zero-order chi connectivity index (χ0) is 10.5. The molecule has 0 saturated carbocycles. The monoisotopic (exact) mass is 210 g/mol. The number of rotatable bonds is 5. The Hall–Kier alpha value is -0.940. The maximum absolute atomic E-state index is 5.30. The molecule has 1 aliphatic rings. The van der Waals surface area contributed by atoms with E-state index in [0.717, 1.165) is 51.4 Å². The zero-order valence-electron chi connectivity index (χ0n) is 9.20. The molecule has 2 rings (SSSR count). The van der Waals surface area contributed by atoms with Gasteiger partial charge in [0, 0.05) is 39.3 Å². The standard InChI is InChI=1S/C10H18N4O/c1-2-15-7-3-6-14-10-4-5-11-8-9(10)12-13-14/h11H,2-8H2,1H3. The van der Waals surface area contributed by atoms with Gasteiger partial charge in [-0.25, -0.2) is 4.68 Å². The smallest absolute Gasteiger partial charge is 0.0997 e. The van der Waals surface area contributed by atoms with E-state index in [4.69, 9.17) is 4.74 Å². The summed E-state index contributed by atoms with van der Waals surface area (Å²) < 4.78 is 7.32. The molecule has 15 heavy (non-hydrogen) atoms. The van der Waals surface area contributed by atoms with E-state index in [1.165, 1.54) is 5.69 Å². The molecule has 84 valence electrons. The van der Waals surface area contributed by atoms with E-state index in [9.17, 15) is 0 Å². The molecule has 1 N–H and O–H groups in total. The Labute approximate surface area is 89.8 Å². The quantitative estimate of drug-likeness (QED) is 0.712. The first-order valence-electron chi connectivity index (χ1n) is 5.61. The van der Waals surface area contributed by atoms with Crippen LogP contribution in [0.1, 0.15) is 24.7 Å². The average Bonchev–Trinajstić information content (AvgIpc) is 2.68. The third-order valence-corrected chi connectivity index (χ3v) is 2.61. The lowest BCUT2D eigenvalue weighted by Crippen LogP contribution is -2.25. The van der Waals surface area contributed by atoms with Crippen molar-refractivity contribution in [2.45, 2.75) is 32.9 Å². The number of aryl methyl sites for hydroxylation is 1. The summed E-state index contributed by atoms with van der Waals surface area (Å²) in [6, 6.07) is 0. The van der Waals surface area contributed by atoms with Gasteiger partial charge in [0.05, 0.1) is 11.4 Å². The van der Waals surface area contributed by atoms with Crippen LogP contribution >= 0.6 is 0 Å². The summed E-state index contributed by atoms with van der Waals surface area (Å²) in [5.74, 6) is 0. The number of nitrogens with zero attached hydrogens (tertiary/aromatic N) is 3. The van der Waals surface area contributed by atoms with Crippen LogP contribution in [-0.4, -0.2) is 34.8 Å². The molecule has 0 amide bonds. The molecule has 0 saturated heterocycles. The summed E-state index contributed by atoms with van der Waals surface area (Å²) in [6.45, 7) is 6.43. The Morgan fingerprint density at radius 3 is 3.33 bits per heavy atom. The van der Waals surface area contributed by atoms with E-state index in [2.05, 4.69) is 15.6 Å². The summed E-state index contributed by atoms with van der Waals surface area (Å²) in [5, 5.41) is 11.6. The summed E-state index contributed by atoms with van der Waals surface area (Å²) in [5.41, 5.74) is 2.41. The predicted molar refractivity (Wildman–Crippen MR) is 56.5 cm³/mol. The minimum Gasteiger partial charge on any atom is -0.382 e. The lowest BCUT2D eigenvalue weighted by Gasteiger charge is -2.13. The summed E-state index contributed by atoms with van der Waals surface area (Å²) in [7, 11) is 0. The lowest BCUT2D eigenvalue weighted by molar-refractivity contribution is 0.140. The first kappa shape index (κ1) is 10.6. The van der Waals surface area contributed by atoms with Crippen LogP contribution in [0.2, 0.25) is 0 Å². The van der Waals surface area contributed by atoms with Crippen molar-refractivity contribution in [3.05, 3.63) is 11.4 Å². The number of ether oxygens (including phenoxy) is 1. The molecule has 0 radical (unpaired) electrons. The molecular weight excluding hydrogens is 192 g/mol. The number of aromatic nitrogens is 3. The Balaban J connectivity index is 1.88. The Kier molecular flexibility index (Phi) is 3.69. The van der Waals surface area contributed by atoms with E-state index in [0.29, 0.717) is 0 Å². The van der Waals surface area contributed by atoms with Gasteiger partial charge in [-0.1, -0.05) is 5.21 Å². The van der Waals surface area contributed by atoms with Crippen molar-refractivity contribution in [2.24, 2.45) is 0 Å². The lowest BCUT2D eigenvalue weighted by atomic mass is 10.2. The van der Waals surface area contributed by atoms with Gasteiger partial charge in [0.1, 0.15) is 0 Å². The zero-order valence-corrected chi connectivity index (χ0v) is 9.20. The maximum Gasteiger partial charge on any atom is 0.0997 e. The Morgan fingerprint density at radius 1 is 1.53 bits per heavy atom. The fourth-order valence-corrected chi connectivity index (χ4v) is 1.83. The van der Waals surface area contributed by atoms with E-state index >= 15 is 0 Å². The van der Waals surface area contributed by atoms with Crippen molar-refractivity contribution < 1.29 is 4.74 Å². The van der Waals surface area contributed by atoms with Crippen LogP contribution in [0.4, 0.5) is 0 Å². The van der Waals surface area contributed by atoms with Crippen LogP contribution in [0, 0.1) is 0 Å². The third kappa shape index (κ3) is 2.54. The van der Waals surface area contributed by atoms with Gasteiger partial charge in [0.2, 0.25) is 0 Å². The highest BCUT2D eigenvalue weighted by Gasteiger charge is 2.15. The van der Waals surface area contributed by atoms with E-state index in [-0.39, 0.29) is 0 Å². The van der Waals surface area contributed by atoms with Crippen LogP contribution in [0.15, 0.2) is 0 Å². The number of nitrogens with one attached hydrogen (secondary N) is 1. The van der Waals surface area contributed by atoms with Gasteiger partial charge in [-0.3, -0.25) is 0 Å². The normalized spacial score (nSPS) is 15.3. The fourth-order valence-electron chi connectivity index (χ4n) is 1.83. The molecule has 5 nitrogen and oxygen atoms in total. The SMILES string of the molecule is CCOCCCn1nnc2c1CCNC2. The van der Waals surface area contributed by atoms with E-state index < -0.39 is 0 Å². The largest absolute Gasteiger partial charge is 0.382 e. The van der Waals surface area contributed by atoms with Crippen LogP contribution in [-0.2, 0) is 24.2 Å². The second-order valence-electron chi connectivity index (χ2n) is 3.68. The Bertz CT molecular complexity index is 310. The van der Waals surface area contributed by atoms with Crippen LogP contribution in [0.5, 0.6) is 0 Å². The first-order valence-corrected chi connectivity index (χ1v) is 5.61. The minimum atomic E-state index is 0.791.